The fourth-order valence-corrected chi connectivity index (χ4v) is 2.90. The molecular formula is C20H18N2O5. The summed E-state index contributed by atoms with van der Waals surface area (Å²) < 4.78 is 23.0. The molecule has 7 heteroatoms. The van der Waals surface area contributed by atoms with Crippen molar-refractivity contribution >= 4 is 11.5 Å². The average molecular weight is 366 g/mol. The van der Waals surface area contributed by atoms with Gasteiger partial charge in [-0.05, 0) is 24.3 Å². The number of carbonyl (C=O) groups is 1. The first-order valence-electron chi connectivity index (χ1n) is 8.09. The van der Waals surface area contributed by atoms with E-state index in [4.69, 9.17) is 18.9 Å². The number of rotatable bonds is 6. The molecule has 2 aromatic heterocycles. The number of benzene rings is 1. The highest BCUT2D eigenvalue weighted by Crippen LogP contribution is 2.40. The molecule has 0 spiro atoms. The Bertz CT molecular complexity index is 1030. The lowest BCUT2D eigenvalue weighted by Gasteiger charge is -2.15. The van der Waals surface area contributed by atoms with Gasteiger partial charge in [0, 0.05) is 18.0 Å². The molecule has 138 valence electrons. The van der Waals surface area contributed by atoms with Crippen molar-refractivity contribution in [1.29, 1.82) is 5.26 Å². The van der Waals surface area contributed by atoms with Gasteiger partial charge in [-0.3, -0.25) is 0 Å². The van der Waals surface area contributed by atoms with E-state index in [9.17, 15) is 10.1 Å². The number of methoxy groups -OCH3 is 3. The summed E-state index contributed by atoms with van der Waals surface area (Å²) in [5.74, 6) is 0.384. The van der Waals surface area contributed by atoms with E-state index < -0.39 is 5.97 Å². The van der Waals surface area contributed by atoms with Gasteiger partial charge < -0.3 is 23.3 Å². The van der Waals surface area contributed by atoms with Crippen LogP contribution in [0, 0.1) is 11.3 Å². The molecule has 0 amide bonds. The molecule has 0 atom stereocenters. The first-order chi connectivity index (χ1) is 13.1. The van der Waals surface area contributed by atoms with Crippen LogP contribution < -0.4 is 14.2 Å². The number of hydrogen-bond acceptors (Lipinski definition) is 6. The van der Waals surface area contributed by atoms with Gasteiger partial charge in [-0.2, -0.15) is 5.26 Å². The SMILES string of the molecule is COc1ccc(C(=O)OCc2cn3ccccc3c2C#N)c(OC)c1OC. The van der Waals surface area contributed by atoms with Crippen molar-refractivity contribution in [2.24, 2.45) is 0 Å². The lowest BCUT2D eigenvalue weighted by molar-refractivity contribution is 0.0468. The Hall–Kier alpha value is -3.66. The summed E-state index contributed by atoms with van der Waals surface area (Å²) in [5, 5.41) is 9.44. The quantitative estimate of drug-likeness (QED) is 0.623. The first kappa shape index (κ1) is 18.1. The number of aromatic nitrogens is 1. The molecular weight excluding hydrogens is 348 g/mol. The second-order valence-corrected chi connectivity index (χ2v) is 5.59. The number of fused-ring (bicyclic) bond motifs is 1. The highest BCUT2D eigenvalue weighted by Gasteiger charge is 2.22. The third kappa shape index (κ3) is 3.25. The number of esters is 1. The van der Waals surface area contributed by atoms with Gasteiger partial charge in [-0.15, -0.1) is 0 Å². The maximum absolute atomic E-state index is 12.6. The minimum absolute atomic E-state index is 0.0408. The number of nitriles is 1. The van der Waals surface area contributed by atoms with Crippen LogP contribution in [0.25, 0.3) is 5.52 Å². The van der Waals surface area contributed by atoms with Crippen molar-refractivity contribution < 1.29 is 23.7 Å². The molecule has 0 aliphatic carbocycles. The van der Waals surface area contributed by atoms with E-state index in [0.29, 0.717) is 22.6 Å². The van der Waals surface area contributed by atoms with Crippen molar-refractivity contribution in [3.8, 4) is 23.3 Å². The smallest absolute Gasteiger partial charge is 0.342 e. The molecule has 0 saturated heterocycles. The number of pyridine rings is 1. The molecule has 2 heterocycles. The molecule has 7 nitrogen and oxygen atoms in total. The van der Waals surface area contributed by atoms with Gasteiger partial charge in [0.25, 0.3) is 0 Å². The van der Waals surface area contributed by atoms with Crippen molar-refractivity contribution in [3.63, 3.8) is 0 Å². The van der Waals surface area contributed by atoms with E-state index in [1.807, 2.05) is 28.8 Å². The fourth-order valence-electron chi connectivity index (χ4n) is 2.90. The molecule has 0 saturated carbocycles. The Balaban J connectivity index is 1.88. The van der Waals surface area contributed by atoms with Crippen molar-refractivity contribution in [2.45, 2.75) is 6.61 Å². The molecule has 0 N–H and O–H groups in total. The molecule has 0 unspecified atom stereocenters. The predicted octanol–water partition coefficient (Wildman–Crippen LogP) is 3.19. The van der Waals surface area contributed by atoms with Crippen LogP contribution in [0.5, 0.6) is 17.2 Å². The largest absolute Gasteiger partial charge is 0.493 e. The van der Waals surface area contributed by atoms with Crippen molar-refractivity contribution in [1.82, 2.24) is 4.40 Å². The highest BCUT2D eigenvalue weighted by atomic mass is 16.5. The Labute approximate surface area is 156 Å². The van der Waals surface area contributed by atoms with E-state index in [1.165, 1.54) is 21.3 Å². The first-order valence-corrected chi connectivity index (χ1v) is 8.09. The van der Waals surface area contributed by atoms with Crippen molar-refractivity contribution in [2.75, 3.05) is 21.3 Å². The second-order valence-electron chi connectivity index (χ2n) is 5.59. The Kier molecular flexibility index (Phi) is 5.18. The monoisotopic (exact) mass is 366 g/mol. The van der Waals surface area contributed by atoms with Crippen molar-refractivity contribution in [3.05, 3.63) is 59.4 Å². The molecule has 3 rings (SSSR count). The van der Waals surface area contributed by atoms with Crippen LogP contribution in [0.4, 0.5) is 0 Å². The maximum Gasteiger partial charge on any atom is 0.342 e. The average Bonchev–Trinajstić information content (AvgIpc) is 3.07. The van der Waals surface area contributed by atoms with E-state index in [2.05, 4.69) is 6.07 Å². The van der Waals surface area contributed by atoms with Crippen LogP contribution in [0.15, 0.2) is 42.7 Å². The normalized spacial score (nSPS) is 10.3. The van der Waals surface area contributed by atoms with Gasteiger partial charge in [0.1, 0.15) is 18.2 Å². The topological polar surface area (TPSA) is 82.2 Å². The van der Waals surface area contributed by atoms with Gasteiger partial charge in [0.2, 0.25) is 5.75 Å². The lowest BCUT2D eigenvalue weighted by atomic mass is 10.1. The van der Waals surface area contributed by atoms with Gasteiger partial charge >= 0.3 is 5.97 Å². The third-order valence-corrected chi connectivity index (χ3v) is 4.16. The van der Waals surface area contributed by atoms with E-state index in [0.717, 1.165) is 5.52 Å². The Morgan fingerprint density at radius 1 is 1.07 bits per heavy atom. The summed E-state index contributed by atoms with van der Waals surface area (Å²) in [4.78, 5) is 12.6. The lowest BCUT2D eigenvalue weighted by Crippen LogP contribution is -2.09. The number of carbonyl (C=O) groups excluding carboxylic acids is 1. The summed E-state index contributed by atoms with van der Waals surface area (Å²) in [6, 6.07) is 10.9. The van der Waals surface area contributed by atoms with Gasteiger partial charge in [-0.1, -0.05) is 6.07 Å². The van der Waals surface area contributed by atoms with Crippen LogP contribution in [0.3, 0.4) is 0 Å². The van der Waals surface area contributed by atoms with Gasteiger partial charge in [-0.25, -0.2) is 4.79 Å². The maximum atomic E-state index is 12.6. The van der Waals surface area contributed by atoms with E-state index in [1.54, 1.807) is 18.3 Å². The van der Waals surface area contributed by atoms with E-state index >= 15 is 0 Å². The molecule has 0 aliphatic rings. The summed E-state index contributed by atoms with van der Waals surface area (Å²) in [7, 11) is 4.39. The zero-order chi connectivity index (χ0) is 19.4. The van der Waals surface area contributed by atoms with Crippen LogP contribution in [0.2, 0.25) is 0 Å². The Morgan fingerprint density at radius 3 is 2.52 bits per heavy atom. The van der Waals surface area contributed by atoms with Gasteiger partial charge in [0.15, 0.2) is 11.5 Å². The summed E-state index contributed by atoms with van der Waals surface area (Å²) in [6.07, 6.45) is 3.60. The molecule has 0 aliphatic heterocycles. The highest BCUT2D eigenvalue weighted by molar-refractivity contribution is 5.94. The predicted molar refractivity (Wildman–Crippen MR) is 97.3 cm³/mol. The molecule has 27 heavy (non-hydrogen) atoms. The Morgan fingerprint density at radius 2 is 1.85 bits per heavy atom. The van der Waals surface area contributed by atoms with Crippen LogP contribution in [-0.2, 0) is 11.3 Å². The fraction of sp³-hybridized carbons (Fsp3) is 0.200. The number of ether oxygens (including phenoxy) is 4. The summed E-state index contributed by atoms with van der Waals surface area (Å²) >= 11 is 0. The van der Waals surface area contributed by atoms with Gasteiger partial charge in [0.05, 0.1) is 32.4 Å². The van der Waals surface area contributed by atoms with Crippen LogP contribution in [0.1, 0.15) is 21.5 Å². The zero-order valence-corrected chi connectivity index (χ0v) is 15.2. The number of nitrogens with zero attached hydrogens (tertiary/aromatic N) is 2. The minimum Gasteiger partial charge on any atom is -0.493 e. The minimum atomic E-state index is -0.591. The van der Waals surface area contributed by atoms with Crippen LogP contribution in [-0.4, -0.2) is 31.7 Å². The summed E-state index contributed by atoms with van der Waals surface area (Å²) in [5.41, 5.74) is 2.06. The third-order valence-electron chi connectivity index (χ3n) is 4.16. The zero-order valence-electron chi connectivity index (χ0n) is 15.2. The summed E-state index contributed by atoms with van der Waals surface area (Å²) in [6.45, 7) is -0.0408. The second kappa shape index (κ2) is 7.70. The standard InChI is InChI=1S/C20H18N2O5/c1-24-17-8-7-14(18(25-2)19(17)26-3)20(23)27-12-13-11-22-9-5-4-6-16(22)15(13)10-21/h4-9,11H,12H2,1-3H3. The number of hydrogen-bond donors (Lipinski definition) is 0. The van der Waals surface area contributed by atoms with E-state index in [-0.39, 0.29) is 17.9 Å². The molecule has 1 aromatic carbocycles. The van der Waals surface area contributed by atoms with Crippen LogP contribution >= 0.6 is 0 Å². The molecule has 3 aromatic rings. The molecule has 0 fully saturated rings. The molecule has 0 bridgehead atoms. The molecule has 0 radical (unpaired) electrons.